The topological polar surface area (TPSA) is 46.5 Å². The van der Waals surface area contributed by atoms with Crippen LogP contribution < -0.4 is 4.74 Å². The molecule has 1 aliphatic rings. The molecule has 0 saturated carbocycles. The molecule has 0 fully saturated rings. The van der Waals surface area contributed by atoms with Crippen molar-refractivity contribution in [2.75, 3.05) is 7.11 Å². The van der Waals surface area contributed by atoms with E-state index in [4.69, 9.17) is 4.74 Å². The van der Waals surface area contributed by atoms with E-state index in [1.54, 1.807) is 7.11 Å². The van der Waals surface area contributed by atoms with Crippen LogP contribution in [0.5, 0.6) is 5.75 Å². The fourth-order valence-electron chi connectivity index (χ4n) is 2.22. The Morgan fingerprint density at radius 2 is 2.00 bits per heavy atom. The first-order valence-corrected chi connectivity index (χ1v) is 6.12. The van der Waals surface area contributed by atoms with Gasteiger partial charge in [0.05, 0.1) is 12.5 Å². The highest BCUT2D eigenvalue weighted by Crippen LogP contribution is 2.38. The smallest absolute Gasteiger partial charge is 0.309 e. The average molecular weight is 246 g/mol. The van der Waals surface area contributed by atoms with E-state index in [1.807, 2.05) is 31.2 Å². The van der Waals surface area contributed by atoms with Crippen molar-refractivity contribution >= 4 is 11.5 Å². The highest BCUT2D eigenvalue weighted by molar-refractivity contribution is 5.77. The zero-order valence-electron chi connectivity index (χ0n) is 10.8. The van der Waals surface area contributed by atoms with Gasteiger partial charge in [-0.05, 0) is 49.5 Å². The zero-order valence-corrected chi connectivity index (χ0v) is 10.8. The van der Waals surface area contributed by atoms with Gasteiger partial charge in [-0.25, -0.2) is 0 Å². The summed E-state index contributed by atoms with van der Waals surface area (Å²) in [6, 6.07) is 7.91. The molecule has 0 aliphatic heterocycles. The van der Waals surface area contributed by atoms with E-state index in [1.165, 1.54) is 5.57 Å². The number of ether oxygens (including phenoxy) is 1. The minimum atomic E-state index is -0.701. The van der Waals surface area contributed by atoms with Gasteiger partial charge in [-0.1, -0.05) is 18.2 Å². The van der Waals surface area contributed by atoms with Crippen LogP contribution in [0.4, 0.5) is 0 Å². The Kier molecular flexibility index (Phi) is 3.41. The second-order valence-electron chi connectivity index (χ2n) is 5.03. The lowest BCUT2D eigenvalue weighted by Gasteiger charge is -2.28. The van der Waals surface area contributed by atoms with Crippen LogP contribution in [0.25, 0.3) is 5.57 Å². The number of hydrogen-bond donors (Lipinski definition) is 1. The Morgan fingerprint density at radius 1 is 1.33 bits per heavy atom. The van der Waals surface area contributed by atoms with Crippen molar-refractivity contribution in [3.63, 3.8) is 0 Å². The second-order valence-corrected chi connectivity index (χ2v) is 5.03. The van der Waals surface area contributed by atoms with Crippen LogP contribution in [0.3, 0.4) is 0 Å². The fourth-order valence-corrected chi connectivity index (χ4v) is 2.22. The first kappa shape index (κ1) is 12.7. The average Bonchev–Trinajstić information content (AvgIpc) is 2.40. The Labute approximate surface area is 107 Å². The first-order chi connectivity index (χ1) is 8.55. The Morgan fingerprint density at radius 3 is 2.44 bits per heavy atom. The van der Waals surface area contributed by atoms with E-state index < -0.39 is 11.4 Å². The number of hydrogen-bond acceptors (Lipinski definition) is 2. The van der Waals surface area contributed by atoms with Crippen LogP contribution in [-0.4, -0.2) is 18.2 Å². The van der Waals surface area contributed by atoms with Crippen molar-refractivity contribution in [3.8, 4) is 5.75 Å². The largest absolute Gasteiger partial charge is 0.497 e. The predicted octanol–water partition coefficient (Wildman–Crippen LogP) is 3.35. The van der Waals surface area contributed by atoms with Gasteiger partial charge in [0.2, 0.25) is 0 Å². The van der Waals surface area contributed by atoms with Gasteiger partial charge in [-0.3, -0.25) is 4.79 Å². The summed E-state index contributed by atoms with van der Waals surface area (Å²) in [7, 11) is 1.65. The number of carbonyl (C=O) groups is 1. The van der Waals surface area contributed by atoms with Gasteiger partial charge in [-0.15, -0.1) is 0 Å². The number of benzene rings is 1. The number of carboxylic acids is 1. The van der Waals surface area contributed by atoms with Gasteiger partial charge in [-0.2, -0.15) is 0 Å². The van der Waals surface area contributed by atoms with Gasteiger partial charge in [0, 0.05) is 0 Å². The number of methoxy groups -OCH3 is 1. The molecule has 3 nitrogen and oxygen atoms in total. The lowest BCUT2D eigenvalue weighted by atomic mass is 9.75. The molecule has 3 heteroatoms. The van der Waals surface area contributed by atoms with Gasteiger partial charge in [0.15, 0.2) is 0 Å². The van der Waals surface area contributed by atoms with E-state index in [0.717, 1.165) is 17.7 Å². The first-order valence-electron chi connectivity index (χ1n) is 6.12. The predicted molar refractivity (Wildman–Crippen MR) is 70.6 cm³/mol. The molecule has 2 rings (SSSR count). The van der Waals surface area contributed by atoms with E-state index in [0.29, 0.717) is 12.8 Å². The molecule has 1 aromatic carbocycles. The number of rotatable bonds is 3. The molecule has 0 amide bonds. The standard InChI is InChI=1S/C15H18O3/c1-15(14(16)17)9-7-12(8-10-15)11-3-5-13(18-2)6-4-11/h3-7H,8-10H2,1-2H3,(H,16,17). The van der Waals surface area contributed by atoms with Crippen LogP contribution in [0.15, 0.2) is 30.3 Å². The maximum Gasteiger partial charge on any atom is 0.309 e. The molecule has 18 heavy (non-hydrogen) atoms. The Hall–Kier alpha value is -1.77. The van der Waals surface area contributed by atoms with Gasteiger partial charge >= 0.3 is 5.97 Å². The van der Waals surface area contributed by atoms with E-state index in [9.17, 15) is 9.90 Å². The summed E-state index contributed by atoms with van der Waals surface area (Å²) in [6.45, 7) is 1.82. The summed E-state index contributed by atoms with van der Waals surface area (Å²) in [5.74, 6) is 0.137. The van der Waals surface area contributed by atoms with Crippen LogP contribution in [-0.2, 0) is 4.79 Å². The van der Waals surface area contributed by atoms with Crippen molar-refractivity contribution in [1.29, 1.82) is 0 Å². The fraction of sp³-hybridized carbons (Fsp3) is 0.400. The van der Waals surface area contributed by atoms with Crippen LogP contribution in [0, 0.1) is 5.41 Å². The zero-order chi connectivity index (χ0) is 13.2. The maximum absolute atomic E-state index is 11.2. The molecular weight excluding hydrogens is 228 g/mol. The summed E-state index contributed by atoms with van der Waals surface area (Å²) in [5.41, 5.74) is 1.79. The number of carboxylic acid groups (broad SMARTS) is 1. The van der Waals surface area contributed by atoms with Crippen molar-refractivity contribution in [1.82, 2.24) is 0 Å². The molecule has 0 heterocycles. The molecule has 1 aromatic rings. The van der Waals surface area contributed by atoms with Gasteiger partial charge in [0.25, 0.3) is 0 Å². The molecule has 0 bridgehead atoms. The second kappa shape index (κ2) is 4.84. The number of aliphatic carboxylic acids is 1. The lowest BCUT2D eigenvalue weighted by molar-refractivity contribution is -0.148. The summed E-state index contributed by atoms with van der Waals surface area (Å²) in [6.07, 6.45) is 4.17. The van der Waals surface area contributed by atoms with Crippen molar-refractivity contribution in [2.24, 2.45) is 5.41 Å². The summed E-state index contributed by atoms with van der Waals surface area (Å²) in [5, 5.41) is 9.18. The molecular formula is C15H18O3. The summed E-state index contributed by atoms with van der Waals surface area (Å²) in [4.78, 5) is 11.2. The molecule has 96 valence electrons. The third-order valence-corrected chi connectivity index (χ3v) is 3.72. The summed E-state index contributed by atoms with van der Waals surface area (Å²) >= 11 is 0. The van der Waals surface area contributed by atoms with E-state index in [-0.39, 0.29) is 0 Å². The quantitative estimate of drug-likeness (QED) is 0.889. The monoisotopic (exact) mass is 246 g/mol. The Bertz CT molecular complexity index is 473. The van der Waals surface area contributed by atoms with Crippen LogP contribution in [0.1, 0.15) is 31.7 Å². The summed E-state index contributed by atoms with van der Waals surface area (Å²) < 4.78 is 5.12. The van der Waals surface area contributed by atoms with Gasteiger partial charge < -0.3 is 9.84 Å². The molecule has 1 aliphatic carbocycles. The van der Waals surface area contributed by atoms with E-state index >= 15 is 0 Å². The minimum Gasteiger partial charge on any atom is -0.497 e. The molecule has 0 aromatic heterocycles. The molecule has 0 radical (unpaired) electrons. The molecule has 1 atom stereocenters. The van der Waals surface area contributed by atoms with Crippen molar-refractivity contribution < 1.29 is 14.6 Å². The molecule has 1 N–H and O–H groups in total. The van der Waals surface area contributed by atoms with Crippen molar-refractivity contribution in [3.05, 3.63) is 35.9 Å². The van der Waals surface area contributed by atoms with Crippen molar-refractivity contribution in [2.45, 2.75) is 26.2 Å². The number of allylic oxidation sites excluding steroid dienone is 2. The third-order valence-electron chi connectivity index (χ3n) is 3.72. The van der Waals surface area contributed by atoms with E-state index in [2.05, 4.69) is 6.08 Å². The van der Waals surface area contributed by atoms with Crippen LogP contribution >= 0.6 is 0 Å². The molecule has 0 saturated heterocycles. The highest BCUT2D eigenvalue weighted by Gasteiger charge is 2.34. The SMILES string of the molecule is COc1ccc(C2=CCC(C)(C(=O)O)CC2)cc1. The maximum atomic E-state index is 11.2. The Balaban J connectivity index is 2.16. The normalized spacial score (nSPS) is 23.3. The minimum absolute atomic E-state index is 0.601. The molecule has 1 unspecified atom stereocenters. The van der Waals surface area contributed by atoms with Gasteiger partial charge in [0.1, 0.15) is 5.75 Å². The highest BCUT2D eigenvalue weighted by atomic mass is 16.5. The van der Waals surface area contributed by atoms with Crippen LogP contribution in [0.2, 0.25) is 0 Å². The lowest BCUT2D eigenvalue weighted by Crippen LogP contribution is -2.28. The third kappa shape index (κ3) is 2.40. The molecule has 0 spiro atoms.